The SMILES string of the molecule is C=CN(C)N=C1CCC(NCC(O)C(Cc2cc(F)cc(F)c2)NC(C)=O)(c2cccc(/C(C)=C/SC)c2)CC1. The maximum Gasteiger partial charge on any atom is 0.217 e. The number of hydrazone groups is 1. The molecule has 1 aliphatic rings. The molecular formula is C31H40F2N4O2S. The first-order chi connectivity index (χ1) is 19.0. The van der Waals surface area contributed by atoms with Gasteiger partial charge in [-0.05, 0) is 91.2 Å². The number of thioether (sulfide) groups is 1. The molecule has 0 heterocycles. The van der Waals surface area contributed by atoms with Crippen LogP contribution in [0.2, 0.25) is 0 Å². The second-order valence-corrected chi connectivity index (χ2v) is 11.1. The number of aliphatic hydroxyl groups excluding tert-OH is 1. The van der Waals surface area contributed by atoms with Crippen molar-refractivity contribution in [1.29, 1.82) is 0 Å². The minimum Gasteiger partial charge on any atom is -0.390 e. The standard InChI is InChI=1S/C31H40F2N4O2S/c1-6-37(4)36-28-10-12-31(13-11-28,25-9-7-8-24(17-25)21(2)20-40-5)34-19-30(39)29(35-22(3)38)16-23-14-26(32)18-27(33)15-23/h6-9,14-15,17-18,20,29-30,34,39H,1,10-13,16,19H2,2-5H3,(H,35,38)/b21-20+,36-28?. The van der Waals surface area contributed by atoms with Crippen LogP contribution >= 0.6 is 11.8 Å². The molecule has 0 bridgehead atoms. The van der Waals surface area contributed by atoms with Crippen LogP contribution in [0.5, 0.6) is 0 Å². The Balaban J connectivity index is 1.87. The molecule has 2 aromatic carbocycles. The number of hydrogen-bond acceptors (Lipinski definition) is 6. The zero-order chi connectivity index (χ0) is 29.3. The normalized spacial score (nSPS) is 19.1. The lowest BCUT2D eigenvalue weighted by Gasteiger charge is -2.41. The van der Waals surface area contributed by atoms with E-state index in [0.717, 1.165) is 48.6 Å². The summed E-state index contributed by atoms with van der Waals surface area (Å²) in [4.78, 5) is 12.0. The maximum atomic E-state index is 13.8. The van der Waals surface area contributed by atoms with Crippen LogP contribution in [0.1, 0.15) is 56.2 Å². The van der Waals surface area contributed by atoms with Gasteiger partial charge in [0.1, 0.15) is 11.6 Å². The topological polar surface area (TPSA) is 77.0 Å². The zero-order valence-corrected chi connectivity index (χ0v) is 24.5. The van der Waals surface area contributed by atoms with Gasteiger partial charge in [-0.1, -0.05) is 24.8 Å². The number of nitrogens with zero attached hydrogens (tertiary/aromatic N) is 2. The van der Waals surface area contributed by atoms with Gasteiger partial charge < -0.3 is 15.7 Å². The lowest BCUT2D eigenvalue weighted by atomic mass is 9.75. The van der Waals surface area contributed by atoms with Crippen LogP contribution in [0.4, 0.5) is 8.78 Å². The minimum atomic E-state index is -1.00. The smallest absolute Gasteiger partial charge is 0.217 e. The first-order valence-electron chi connectivity index (χ1n) is 13.4. The Hall–Kier alpha value is -3.01. The Morgan fingerprint density at radius 2 is 1.88 bits per heavy atom. The highest BCUT2D eigenvalue weighted by Crippen LogP contribution is 2.37. The van der Waals surface area contributed by atoms with Crippen molar-refractivity contribution in [3.8, 4) is 0 Å². The van der Waals surface area contributed by atoms with Gasteiger partial charge >= 0.3 is 0 Å². The van der Waals surface area contributed by atoms with Gasteiger partial charge in [-0.2, -0.15) is 5.10 Å². The number of carbonyl (C=O) groups excluding carboxylic acids is 1. The average molecular weight is 571 g/mol. The molecule has 6 nitrogen and oxygen atoms in total. The van der Waals surface area contributed by atoms with Gasteiger partial charge in [0.25, 0.3) is 0 Å². The van der Waals surface area contributed by atoms with E-state index in [1.165, 1.54) is 24.6 Å². The molecule has 0 aromatic heterocycles. The molecule has 2 aromatic rings. The van der Waals surface area contributed by atoms with Crippen LogP contribution in [-0.2, 0) is 16.8 Å². The van der Waals surface area contributed by atoms with E-state index < -0.39 is 29.3 Å². The van der Waals surface area contributed by atoms with Crippen molar-refractivity contribution in [2.24, 2.45) is 5.10 Å². The predicted octanol–water partition coefficient (Wildman–Crippen LogP) is 5.59. The second kappa shape index (κ2) is 14.6. The Kier molecular flexibility index (Phi) is 11.5. The Labute approximate surface area is 240 Å². The molecule has 2 unspecified atom stereocenters. The quantitative estimate of drug-likeness (QED) is 0.290. The highest BCUT2D eigenvalue weighted by Gasteiger charge is 2.37. The number of hydrogen-bond donors (Lipinski definition) is 3. The minimum absolute atomic E-state index is 0.0863. The van der Waals surface area contributed by atoms with E-state index in [4.69, 9.17) is 0 Å². The number of allylic oxidation sites excluding steroid dienone is 1. The number of amides is 1. The summed E-state index contributed by atoms with van der Waals surface area (Å²) in [6.45, 7) is 7.39. The van der Waals surface area contributed by atoms with E-state index >= 15 is 0 Å². The molecule has 216 valence electrons. The summed E-state index contributed by atoms with van der Waals surface area (Å²) in [5, 5.41) is 26.1. The molecule has 1 fully saturated rings. The van der Waals surface area contributed by atoms with Crippen LogP contribution in [-0.4, -0.2) is 53.7 Å². The third kappa shape index (κ3) is 8.74. The molecule has 1 amide bonds. The van der Waals surface area contributed by atoms with Crippen molar-refractivity contribution < 1.29 is 18.7 Å². The van der Waals surface area contributed by atoms with Gasteiger partial charge in [0.15, 0.2) is 0 Å². The molecule has 1 saturated carbocycles. The lowest BCUT2D eigenvalue weighted by molar-refractivity contribution is -0.120. The fourth-order valence-electron chi connectivity index (χ4n) is 5.17. The molecule has 3 N–H and O–H groups in total. The zero-order valence-electron chi connectivity index (χ0n) is 23.7. The van der Waals surface area contributed by atoms with Gasteiger partial charge in [-0.15, -0.1) is 11.8 Å². The average Bonchev–Trinajstić information content (AvgIpc) is 2.91. The van der Waals surface area contributed by atoms with Gasteiger partial charge in [0.2, 0.25) is 5.91 Å². The highest BCUT2D eigenvalue weighted by atomic mass is 32.2. The van der Waals surface area contributed by atoms with Crippen molar-refractivity contribution in [2.45, 2.75) is 63.6 Å². The third-order valence-electron chi connectivity index (χ3n) is 7.29. The monoisotopic (exact) mass is 570 g/mol. The van der Waals surface area contributed by atoms with Gasteiger partial charge in [0.05, 0.1) is 12.1 Å². The van der Waals surface area contributed by atoms with Crippen molar-refractivity contribution in [1.82, 2.24) is 15.6 Å². The Morgan fingerprint density at radius 1 is 1.20 bits per heavy atom. The van der Waals surface area contributed by atoms with E-state index in [-0.39, 0.29) is 18.9 Å². The summed E-state index contributed by atoms with van der Waals surface area (Å²) in [6, 6.07) is 11.0. The summed E-state index contributed by atoms with van der Waals surface area (Å²) in [6.07, 6.45) is 5.84. The molecule has 0 aliphatic heterocycles. The molecule has 40 heavy (non-hydrogen) atoms. The van der Waals surface area contributed by atoms with Gasteiger partial charge in [-0.3, -0.25) is 9.80 Å². The first kappa shape index (κ1) is 31.5. The summed E-state index contributed by atoms with van der Waals surface area (Å²) >= 11 is 1.66. The van der Waals surface area contributed by atoms with Crippen molar-refractivity contribution in [3.05, 3.63) is 89.0 Å². The van der Waals surface area contributed by atoms with E-state index in [1.807, 2.05) is 13.3 Å². The van der Waals surface area contributed by atoms with Crippen LogP contribution in [0.25, 0.3) is 5.57 Å². The number of carbonyl (C=O) groups is 1. The Morgan fingerprint density at radius 3 is 2.48 bits per heavy atom. The van der Waals surface area contributed by atoms with Crippen molar-refractivity contribution in [3.63, 3.8) is 0 Å². The molecule has 0 spiro atoms. The first-order valence-corrected chi connectivity index (χ1v) is 14.7. The molecule has 9 heteroatoms. The molecular weight excluding hydrogens is 530 g/mol. The van der Waals surface area contributed by atoms with Crippen LogP contribution in [0, 0.1) is 11.6 Å². The summed E-state index contributed by atoms with van der Waals surface area (Å²) < 4.78 is 27.6. The maximum absolute atomic E-state index is 13.8. The lowest BCUT2D eigenvalue weighted by Crippen LogP contribution is -2.53. The predicted molar refractivity (Wildman–Crippen MR) is 161 cm³/mol. The molecule has 2 atom stereocenters. The number of halogens is 2. The third-order valence-corrected chi connectivity index (χ3v) is 7.88. The largest absolute Gasteiger partial charge is 0.390 e. The fraction of sp³-hybridized carbons (Fsp3) is 0.419. The van der Waals surface area contributed by atoms with Gasteiger partial charge in [0, 0.05) is 44.0 Å². The molecule has 0 saturated heterocycles. The van der Waals surface area contributed by atoms with E-state index in [1.54, 1.807) is 23.0 Å². The molecule has 3 rings (SSSR count). The molecule has 1 aliphatic carbocycles. The fourth-order valence-corrected chi connectivity index (χ4v) is 5.66. The van der Waals surface area contributed by atoms with Crippen LogP contribution < -0.4 is 10.6 Å². The van der Waals surface area contributed by atoms with E-state index in [2.05, 4.69) is 58.9 Å². The summed E-state index contributed by atoms with van der Waals surface area (Å²) in [7, 11) is 1.85. The molecule has 0 radical (unpaired) electrons. The number of aliphatic hydroxyl groups is 1. The van der Waals surface area contributed by atoms with E-state index in [9.17, 15) is 18.7 Å². The number of rotatable bonds is 12. The Bertz CT molecular complexity index is 1220. The number of nitrogens with one attached hydrogen (secondary N) is 2. The van der Waals surface area contributed by atoms with Crippen molar-refractivity contribution in [2.75, 3.05) is 19.8 Å². The van der Waals surface area contributed by atoms with Crippen LogP contribution in [0.3, 0.4) is 0 Å². The summed E-state index contributed by atoms with van der Waals surface area (Å²) in [5.74, 6) is -1.73. The van der Waals surface area contributed by atoms with Crippen LogP contribution in [0.15, 0.2) is 65.8 Å². The number of benzene rings is 2. The van der Waals surface area contributed by atoms with Gasteiger partial charge in [-0.25, -0.2) is 8.78 Å². The summed E-state index contributed by atoms with van der Waals surface area (Å²) in [5.41, 5.74) is 4.42. The van der Waals surface area contributed by atoms with Crippen molar-refractivity contribution >= 4 is 29.0 Å². The highest BCUT2D eigenvalue weighted by molar-refractivity contribution is 8.01. The second-order valence-electron chi connectivity index (χ2n) is 10.4. The van der Waals surface area contributed by atoms with E-state index in [0.29, 0.717) is 5.56 Å².